The van der Waals surface area contributed by atoms with Crippen LogP contribution in [0.1, 0.15) is 20.8 Å². The van der Waals surface area contributed by atoms with Crippen molar-refractivity contribution in [3.8, 4) is 5.88 Å². The van der Waals surface area contributed by atoms with Crippen LogP contribution in [0.4, 0.5) is 5.82 Å². The maximum absolute atomic E-state index is 5.47. The van der Waals surface area contributed by atoms with Crippen LogP contribution in [-0.2, 0) is 4.74 Å². The Morgan fingerprint density at radius 2 is 2.06 bits per heavy atom. The Kier molecular flexibility index (Phi) is 4.98. The molecule has 1 aromatic heterocycles. The van der Waals surface area contributed by atoms with E-state index in [0.717, 1.165) is 5.82 Å². The Balaban J connectivity index is 2.59. The van der Waals surface area contributed by atoms with E-state index in [1.807, 2.05) is 20.8 Å². The van der Waals surface area contributed by atoms with E-state index in [-0.39, 0.29) is 12.1 Å². The van der Waals surface area contributed by atoms with E-state index in [0.29, 0.717) is 12.5 Å². The summed E-state index contributed by atoms with van der Waals surface area (Å²) < 4.78 is 10.5. The van der Waals surface area contributed by atoms with Crippen LogP contribution in [0.2, 0.25) is 0 Å². The van der Waals surface area contributed by atoms with Crippen molar-refractivity contribution in [2.75, 3.05) is 19.0 Å². The minimum absolute atomic E-state index is 0.110. The SMILES string of the molecule is COCC(C)Nc1cc(OC(C)C)ncn1. The molecule has 0 aliphatic rings. The summed E-state index contributed by atoms with van der Waals surface area (Å²) in [4.78, 5) is 8.14. The van der Waals surface area contributed by atoms with Crippen LogP contribution in [-0.4, -0.2) is 35.8 Å². The number of anilines is 1. The number of hydrogen-bond donors (Lipinski definition) is 1. The van der Waals surface area contributed by atoms with Crippen LogP contribution in [0, 0.1) is 0 Å². The number of nitrogens with one attached hydrogen (secondary N) is 1. The van der Waals surface area contributed by atoms with Crippen molar-refractivity contribution in [1.29, 1.82) is 0 Å². The zero-order chi connectivity index (χ0) is 12.0. The molecule has 0 aliphatic carbocycles. The summed E-state index contributed by atoms with van der Waals surface area (Å²) in [5.74, 6) is 1.33. The van der Waals surface area contributed by atoms with Crippen LogP contribution < -0.4 is 10.1 Å². The summed E-state index contributed by atoms with van der Waals surface area (Å²) in [6, 6.07) is 1.98. The predicted octanol–water partition coefficient (Wildman–Crippen LogP) is 1.71. The fourth-order valence-electron chi connectivity index (χ4n) is 1.27. The summed E-state index contributed by atoms with van der Waals surface area (Å²) in [5, 5.41) is 3.20. The summed E-state index contributed by atoms with van der Waals surface area (Å²) in [7, 11) is 1.67. The number of nitrogens with zero attached hydrogens (tertiary/aromatic N) is 2. The zero-order valence-corrected chi connectivity index (χ0v) is 10.2. The highest BCUT2D eigenvalue weighted by Gasteiger charge is 2.05. The van der Waals surface area contributed by atoms with E-state index in [2.05, 4.69) is 15.3 Å². The van der Waals surface area contributed by atoms with Crippen molar-refractivity contribution < 1.29 is 9.47 Å². The molecule has 0 bridgehead atoms. The first kappa shape index (κ1) is 12.7. The number of ether oxygens (including phenoxy) is 2. The van der Waals surface area contributed by atoms with Crippen molar-refractivity contribution in [2.24, 2.45) is 0 Å². The van der Waals surface area contributed by atoms with Gasteiger partial charge >= 0.3 is 0 Å². The molecule has 16 heavy (non-hydrogen) atoms. The van der Waals surface area contributed by atoms with Crippen molar-refractivity contribution in [2.45, 2.75) is 32.9 Å². The van der Waals surface area contributed by atoms with Gasteiger partial charge in [0.2, 0.25) is 5.88 Å². The quantitative estimate of drug-likeness (QED) is 0.798. The summed E-state index contributed by atoms with van der Waals surface area (Å²) in [6.45, 7) is 6.57. The van der Waals surface area contributed by atoms with Gasteiger partial charge in [0.1, 0.15) is 12.1 Å². The lowest BCUT2D eigenvalue weighted by molar-refractivity contribution is 0.190. The Hall–Kier alpha value is -1.36. The molecule has 0 aromatic carbocycles. The van der Waals surface area contributed by atoms with E-state index in [9.17, 15) is 0 Å². The van der Waals surface area contributed by atoms with Gasteiger partial charge in [-0.05, 0) is 20.8 Å². The van der Waals surface area contributed by atoms with Gasteiger partial charge in [0.05, 0.1) is 12.7 Å². The minimum Gasteiger partial charge on any atom is -0.475 e. The van der Waals surface area contributed by atoms with Gasteiger partial charge in [-0.1, -0.05) is 0 Å². The molecule has 5 heteroatoms. The minimum atomic E-state index is 0.110. The Bertz CT molecular complexity index is 318. The van der Waals surface area contributed by atoms with Crippen molar-refractivity contribution in [1.82, 2.24) is 9.97 Å². The topological polar surface area (TPSA) is 56.3 Å². The van der Waals surface area contributed by atoms with Gasteiger partial charge in [-0.3, -0.25) is 0 Å². The third-order valence-corrected chi connectivity index (χ3v) is 1.81. The fourth-order valence-corrected chi connectivity index (χ4v) is 1.27. The molecule has 0 saturated carbocycles. The highest BCUT2D eigenvalue weighted by atomic mass is 16.5. The molecule has 0 amide bonds. The molecule has 1 aromatic rings. The highest BCUT2D eigenvalue weighted by molar-refractivity contribution is 5.37. The molecule has 0 spiro atoms. The van der Waals surface area contributed by atoms with Gasteiger partial charge < -0.3 is 14.8 Å². The predicted molar refractivity (Wildman–Crippen MR) is 62.8 cm³/mol. The largest absolute Gasteiger partial charge is 0.475 e. The molecule has 90 valence electrons. The lowest BCUT2D eigenvalue weighted by Gasteiger charge is -2.14. The van der Waals surface area contributed by atoms with Crippen LogP contribution in [0.15, 0.2) is 12.4 Å². The van der Waals surface area contributed by atoms with E-state index in [1.165, 1.54) is 6.33 Å². The normalized spacial score (nSPS) is 12.6. The second-order valence-corrected chi connectivity index (χ2v) is 3.91. The van der Waals surface area contributed by atoms with Crippen molar-refractivity contribution >= 4 is 5.82 Å². The lowest BCUT2D eigenvalue weighted by atomic mass is 10.3. The summed E-state index contributed by atoms with van der Waals surface area (Å²) in [6.07, 6.45) is 1.60. The molecule has 1 atom stereocenters. The molecule has 1 rings (SSSR count). The molecular formula is C11H19N3O2. The standard InChI is InChI=1S/C11H19N3O2/c1-8(2)16-11-5-10(12-7-13-11)14-9(3)6-15-4/h5,7-9H,6H2,1-4H3,(H,12,13,14). The first-order chi connectivity index (χ1) is 7.61. The third-order valence-electron chi connectivity index (χ3n) is 1.81. The van der Waals surface area contributed by atoms with Crippen LogP contribution in [0.25, 0.3) is 0 Å². The van der Waals surface area contributed by atoms with E-state index in [4.69, 9.17) is 9.47 Å². The highest BCUT2D eigenvalue weighted by Crippen LogP contribution is 2.13. The molecule has 1 heterocycles. The fraction of sp³-hybridized carbons (Fsp3) is 0.636. The molecular weight excluding hydrogens is 206 g/mol. The molecule has 5 nitrogen and oxygen atoms in total. The average Bonchev–Trinajstić information content (AvgIpc) is 2.17. The first-order valence-electron chi connectivity index (χ1n) is 5.36. The monoisotopic (exact) mass is 225 g/mol. The van der Waals surface area contributed by atoms with E-state index >= 15 is 0 Å². The van der Waals surface area contributed by atoms with Crippen LogP contribution in [0.5, 0.6) is 5.88 Å². The summed E-state index contributed by atoms with van der Waals surface area (Å²) >= 11 is 0. The second kappa shape index (κ2) is 6.27. The van der Waals surface area contributed by atoms with Gasteiger partial charge in [0.15, 0.2) is 0 Å². The maximum Gasteiger partial charge on any atom is 0.218 e. The number of aromatic nitrogens is 2. The second-order valence-electron chi connectivity index (χ2n) is 3.91. The molecule has 1 unspecified atom stereocenters. The lowest BCUT2D eigenvalue weighted by Crippen LogP contribution is -2.21. The van der Waals surface area contributed by atoms with Gasteiger partial charge in [-0.15, -0.1) is 0 Å². The summed E-state index contributed by atoms with van der Waals surface area (Å²) in [5.41, 5.74) is 0. The van der Waals surface area contributed by atoms with Crippen LogP contribution >= 0.6 is 0 Å². The van der Waals surface area contributed by atoms with Gasteiger partial charge in [0, 0.05) is 19.2 Å². The number of rotatable bonds is 6. The Morgan fingerprint density at radius 1 is 1.31 bits per heavy atom. The van der Waals surface area contributed by atoms with Gasteiger partial charge in [-0.2, -0.15) is 0 Å². The maximum atomic E-state index is 5.47. The molecule has 0 fully saturated rings. The molecule has 0 aliphatic heterocycles. The average molecular weight is 225 g/mol. The van der Waals surface area contributed by atoms with E-state index in [1.54, 1.807) is 13.2 Å². The number of methoxy groups -OCH3 is 1. The first-order valence-corrected chi connectivity index (χ1v) is 5.36. The zero-order valence-electron chi connectivity index (χ0n) is 10.2. The van der Waals surface area contributed by atoms with Crippen molar-refractivity contribution in [3.05, 3.63) is 12.4 Å². The van der Waals surface area contributed by atoms with Gasteiger partial charge in [-0.25, -0.2) is 9.97 Å². The number of hydrogen-bond acceptors (Lipinski definition) is 5. The molecule has 0 radical (unpaired) electrons. The Morgan fingerprint density at radius 3 is 2.69 bits per heavy atom. The molecule has 0 saturated heterocycles. The Labute approximate surface area is 96.2 Å². The van der Waals surface area contributed by atoms with E-state index < -0.39 is 0 Å². The van der Waals surface area contributed by atoms with Gasteiger partial charge in [0.25, 0.3) is 0 Å². The van der Waals surface area contributed by atoms with Crippen molar-refractivity contribution in [3.63, 3.8) is 0 Å². The molecule has 1 N–H and O–H groups in total. The smallest absolute Gasteiger partial charge is 0.218 e. The van der Waals surface area contributed by atoms with Crippen LogP contribution in [0.3, 0.4) is 0 Å². The third kappa shape index (κ3) is 4.44.